The monoisotopic (exact) mass is 341 g/mol. The maximum Gasteiger partial charge on any atom is 0.307 e. The maximum atomic E-state index is 11.7. The number of carbonyl (C=O) groups excluding carboxylic acids is 1. The first-order chi connectivity index (χ1) is 9.65. The molecule has 1 heterocycles. The topological polar surface area (TPSA) is 47.6 Å². The van der Waals surface area contributed by atoms with Crippen molar-refractivity contribution in [2.75, 3.05) is 20.3 Å². The van der Waals surface area contributed by atoms with Crippen LogP contribution >= 0.6 is 15.9 Å². The Balaban J connectivity index is 2.04. The molecule has 1 fully saturated rings. The summed E-state index contributed by atoms with van der Waals surface area (Å²) in [6.45, 7) is 2.08. The number of rotatable bonds is 5. The molecule has 0 spiro atoms. The van der Waals surface area contributed by atoms with Crippen molar-refractivity contribution in [2.45, 2.75) is 31.3 Å². The summed E-state index contributed by atoms with van der Waals surface area (Å²) in [5.41, 5.74) is 0.962. The van der Waals surface area contributed by atoms with Crippen molar-refractivity contribution in [3.63, 3.8) is 0 Å². The first-order valence-corrected chi connectivity index (χ1v) is 7.57. The van der Waals surface area contributed by atoms with E-state index in [1.807, 2.05) is 18.2 Å². The van der Waals surface area contributed by atoms with E-state index < -0.39 is 0 Å². The van der Waals surface area contributed by atoms with Crippen LogP contribution in [-0.2, 0) is 20.8 Å². The Kier molecular flexibility index (Phi) is 5.57. The number of halogens is 1. The van der Waals surface area contributed by atoms with Gasteiger partial charge in [0, 0.05) is 29.8 Å². The van der Waals surface area contributed by atoms with Gasteiger partial charge in [-0.2, -0.15) is 0 Å². The Labute approximate surface area is 128 Å². The molecule has 0 unspecified atom stereocenters. The molecule has 1 N–H and O–H groups in total. The Bertz CT molecular complexity index is 458. The van der Waals surface area contributed by atoms with Crippen LogP contribution in [0.2, 0.25) is 0 Å². The number of hydrogen-bond donors (Lipinski definition) is 1. The second-order valence-corrected chi connectivity index (χ2v) is 5.94. The van der Waals surface area contributed by atoms with Crippen molar-refractivity contribution >= 4 is 21.9 Å². The zero-order chi connectivity index (χ0) is 14.4. The summed E-state index contributed by atoms with van der Waals surface area (Å²) in [5, 5.41) is 3.55. The lowest BCUT2D eigenvalue weighted by atomic mass is 9.86. The Hall–Kier alpha value is -0.910. The molecule has 0 aliphatic carbocycles. The average molecular weight is 342 g/mol. The molecule has 1 aliphatic rings. The van der Waals surface area contributed by atoms with Crippen LogP contribution in [0.3, 0.4) is 0 Å². The van der Waals surface area contributed by atoms with Gasteiger partial charge in [0.1, 0.15) is 0 Å². The van der Waals surface area contributed by atoms with Gasteiger partial charge >= 0.3 is 5.97 Å². The lowest BCUT2D eigenvalue weighted by Crippen LogP contribution is -2.50. The van der Waals surface area contributed by atoms with Crippen LogP contribution in [-0.4, -0.2) is 31.8 Å². The third-order valence-electron chi connectivity index (χ3n) is 3.77. The lowest BCUT2D eigenvalue weighted by molar-refractivity contribution is -0.143. The van der Waals surface area contributed by atoms with Gasteiger partial charge in [0.2, 0.25) is 0 Å². The van der Waals surface area contributed by atoms with Gasteiger partial charge in [-0.3, -0.25) is 4.79 Å². The number of ether oxygens (including phenoxy) is 2. The smallest absolute Gasteiger partial charge is 0.307 e. The normalized spacial score (nSPS) is 17.7. The Morgan fingerprint density at radius 3 is 2.75 bits per heavy atom. The summed E-state index contributed by atoms with van der Waals surface area (Å²) in [6, 6.07) is 8.10. The van der Waals surface area contributed by atoms with E-state index in [1.54, 1.807) is 0 Å². The summed E-state index contributed by atoms with van der Waals surface area (Å²) in [5.74, 6) is -0.175. The van der Waals surface area contributed by atoms with Crippen molar-refractivity contribution in [2.24, 2.45) is 0 Å². The van der Waals surface area contributed by atoms with Crippen LogP contribution in [0, 0.1) is 0 Å². The van der Waals surface area contributed by atoms with E-state index in [0.717, 1.165) is 23.9 Å². The number of carbonyl (C=O) groups is 1. The minimum Gasteiger partial charge on any atom is -0.469 e. The Morgan fingerprint density at radius 2 is 2.10 bits per heavy atom. The van der Waals surface area contributed by atoms with Crippen LogP contribution in [0.5, 0.6) is 0 Å². The summed E-state index contributed by atoms with van der Waals surface area (Å²) in [7, 11) is 1.43. The van der Waals surface area contributed by atoms with E-state index in [0.29, 0.717) is 19.6 Å². The summed E-state index contributed by atoms with van der Waals surface area (Å²) in [4.78, 5) is 11.7. The molecule has 2 rings (SSSR count). The van der Waals surface area contributed by atoms with E-state index in [4.69, 9.17) is 9.47 Å². The molecule has 20 heavy (non-hydrogen) atoms. The molecule has 0 bridgehead atoms. The van der Waals surface area contributed by atoms with E-state index in [2.05, 4.69) is 27.3 Å². The lowest BCUT2D eigenvalue weighted by Gasteiger charge is -2.37. The Morgan fingerprint density at radius 1 is 1.40 bits per heavy atom. The molecular formula is C15H20BrNO3. The van der Waals surface area contributed by atoms with Gasteiger partial charge in [0.05, 0.1) is 13.5 Å². The first kappa shape index (κ1) is 15.5. The van der Waals surface area contributed by atoms with Crippen molar-refractivity contribution in [3.8, 4) is 0 Å². The average Bonchev–Trinajstić information content (AvgIpc) is 2.47. The molecule has 1 aliphatic heterocycles. The van der Waals surface area contributed by atoms with Crippen LogP contribution in [0.15, 0.2) is 28.7 Å². The highest BCUT2D eigenvalue weighted by Gasteiger charge is 2.34. The van der Waals surface area contributed by atoms with Crippen LogP contribution in [0.25, 0.3) is 0 Å². The fraction of sp³-hybridized carbons (Fsp3) is 0.533. The molecule has 0 amide bonds. The van der Waals surface area contributed by atoms with Crippen molar-refractivity contribution in [1.82, 2.24) is 5.32 Å². The van der Waals surface area contributed by atoms with Crippen molar-refractivity contribution < 1.29 is 14.3 Å². The van der Waals surface area contributed by atoms with E-state index >= 15 is 0 Å². The third-order valence-corrected chi connectivity index (χ3v) is 4.55. The SMILES string of the molecule is COC(=O)CC1(NCc2ccccc2Br)CCOCC1. The standard InChI is InChI=1S/C15H20BrNO3/c1-19-14(18)10-15(6-8-20-9-7-15)17-11-12-4-2-3-5-13(12)16/h2-5,17H,6-11H2,1H3. The van der Waals surface area contributed by atoms with Gasteiger partial charge in [-0.1, -0.05) is 34.1 Å². The third kappa shape index (κ3) is 4.04. The largest absolute Gasteiger partial charge is 0.469 e. The van der Waals surface area contributed by atoms with E-state index in [1.165, 1.54) is 12.7 Å². The van der Waals surface area contributed by atoms with Crippen molar-refractivity contribution in [3.05, 3.63) is 34.3 Å². The van der Waals surface area contributed by atoms with Crippen molar-refractivity contribution in [1.29, 1.82) is 0 Å². The molecule has 1 aromatic rings. The minimum atomic E-state index is -0.222. The van der Waals surface area contributed by atoms with Gasteiger partial charge in [-0.15, -0.1) is 0 Å². The molecule has 0 atom stereocenters. The number of nitrogens with one attached hydrogen (secondary N) is 1. The van der Waals surface area contributed by atoms with Crippen LogP contribution in [0.4, 0.5) is 0 Å². The maximum absolute atomic E-state index is 11.7. The molecule has 0 saturated carbocycles. The van der Waals surface area contributed by atoms with Gasteiger partial charge < -0.3 is 14.8 Å². The van der Waals surface area contributed by atoms with Crippen LogP contribution in [0.1, 0.15) is 24.8 Å². The zero-order valence-corrected chi connectivity index (χ0v) is 13.2. The highest BCUT2D eigenvalue weighted by molar-refractivity contribution is 9.10. The van der Waals surface area contributed by atoms with Gasteiger partial charge in [0.15, 0.2) is 0 Å². The summed E-state index contributed by atoms with van der Waals surface area (Å²) in [6.07, 6.45) is 2.04. The second kappa shape index (κ2) is 7.20. The zero-order valence-electron chi connectivity index (χ0n) is 11.7. The highest BCUT2D eigenvalue weighted by Crippen LogP contribution is 2.26. The molecule has 0 aromatic heterocycles. The number of benzene rings is 1. The molecule has 1 saturated heterocycles. The van der Waals surface area contributed by atoms with Crippen LogP contribution < -0.4 is 5.32 Å². The number of methoxy groups -OCH3 is 1. The fourth-order valence-corrected chi connectivity index (χ4v) is 2.88. The molecule has 0 radical (unpaired) electrons. The summed E-state index contributed by atoms with van der Waals surface area (Å²) >= 11 is 3.55. The molecule has 110 valence electrons. The molecular weight excluding hydrogens is 322 g/mol. The highest BCUT2D eigenvalue weighted by atomic mass is 79.9. The predicted octanol–water partition coefficient (Wildman–Crippen LogP) is 2.65. The predicted molar refractivity (Wildman–Crippen MR) is 80.4 cm³/mol. The van der Waals surface area contributed by atoms with E-state index in [9.17, 15) is 4.79 Å². The fourth-order valence-electron chi connectivity index (χ4n) is 2.45. The van der Waals surface area contributed by atoms with E-state index in [-0.39, 0.29) is 11.5 Å². The molecule has 5 heteroatoms. The van der Waals surface area contributed by atoms with Gasteiger partial charge in [-0.05, 0) is 24.5 Å². The quantitative estimate of drug-likeness (QED) is 0.836. The second-order valence-electron chi connectivity index (χ2n) is 5.09. The number of esters is 1. The van der Waals surface area contributed by atoms with Gasteiger partial charge in [-0.25, -0.2) is 0 Å². The minimum absolute atomic E-state index is 0.175. The molecule has 1 aromatic carbocycles. The number of hydrogen-bond acceptors (Lipinski definition) is 4. The van der Waals surface area contributed by atoms with Gasteiger partial charge in [0.25, 0.3) is 0 Å². The first-order valence-electron chi connectivity index (χ1n) is 6.78. The molecule has 4 nitrogen and oxygen atoms in total. The summed E-state index contributed by atoms with van der Waals surface area (Å²) < 4.78 is 11.3.